The molecule has 0 spiro atoms. The largest absolute Gasteiger partial charge is 0.240 e. The number of hydrogen-bond acceptors (Lipinski definition) is 3. The van der Waals surface area contributed by atoms with Crippen molar-refractivity contribution >= 4 is 17.1 Å². The molecule has 3 heterocycles. The summed E-state index contributed by atoms with van der Waals surface area (Å²) in [5.41, 5.74) is 1.35. The highest BCUT2D eigenvalue weighted by Crippen LogP contribution is 2.28. The zero-order valence-corrected chi connectivity index (χ0v) is 10.3. The van der Waals surface area contributed by atoms with Crippen LogP contribution in [0.25, 0.3) is 16.8 Å². The Morgan fingerprint density at radius 1 is 1.37 bits per heavy atom. The van der Waals surface area contributed by atoms with Gasteiger partial charge in [0.2, 0.25) is 0 Å². The quantitative estimate of drug-likeness (QED) is 0.640. The van der Waals surface area contributed by atoms with E-state index in [1.165, 1.54) is 6.20 Å². The maximum absolute atomic E-state index is 14.0. The van der Waals surface area contributed by atoms with E-state index < -0.39 is 5.82 Å². The van der Waals surface area contributed by atoms with Gasteiger partial charge in [0.25, 0.3) is 0 Å². The first-order valence-electron chi connectivity index (χ1n) is 5.39. The lowest BCUT2D eigenvalue weighted by molar-refractivity contribution is 0.625. The van der Waals surface area contributed by atoms with Crippen LogP contribution in [0.1, 0.15) is 5.56 Å². The highest BCUT2D eigenvalue weighted by atomic mass is 35.5. The Hall–Kier alpha value is -2.45. The molecule has 0 radical (unpaired) electrons. The number of fused-ring (bicyclic) bond motifs is 1. The monoisotopic (exact) mass is 272 g/mol. The van der Waals surface area contributed by atoms with Gasteiger partial charge in [0.05, 0.1) is 17.3 Å². The fourth-order valence-corrected chi connectivity index (χ4v) is 2.03. The predicted molar refractivity (Wildman–Crippen MR) is 68.1 cm³/mol. The Labute approximate surface area is 112 Å². The van der Waals surface area contributed by atoms with Gasteiger partial charge in [0.15, 0.2) is 5.82 Å². The summed E-state index contributed by atoms with van der Waals surface area (Å²) in [7, 11) is 0. The molecule has 0 unspecified atom stereocenters. The molecular formula is C13H6ClFN4. The number of hydrogen-bond donors (Lipinski definition) is 0. The number of aromatic nitrogens is 3. The Morgan fingerprint density at radius 3 is 3.00 bits per heavy atom. The van der Waals surface area contributed by atoms with Crippen LogP contribution in [-0.4, -0.2) is 14.6 Å². The topological polar surface area (TPSA) is 54.0 Å². The number of rotatable bonds is 1. The van der Waals surface area contributed by atoms with E-state index in [0.717, 1.165) is 11.6 Å². The zero-order valence-electron chi connectivity index (χ0n) is 9.51. The van der Waals surface area contributed by atoms with Gasteiger partial charge in [0.1, 0.15) is 16.9 Å². The Kier molecular flexibility index (Phi) is 2.65. The standard InChI is InChI=1S/C13H6ClFN4/c14-13-8(6-16)5-10(15)12(18-13)9-7-17-19-4-2-1-3-11(9)19/h1-5,7H. The molecule has 19 heavy (non-hydrogen) atoms. The van der Waals surface area contributed by atoms with Crippen LogP contribution >= 0.6 is 11.6 Å². The van der Waals surface area contributed by atoms with E-state index in [2.05, 4.69) is 10.1 Å². The van der Waals surface area contributed by atoms with Gasteiger partial charge in [-0.25, -0.2) is 13.9 Å². The van der Waals surface area contributed by atoms with E-state index in [1.807, 2.05) is 12.1 Å². The molecule has 0 aliphatic heterocycles. The summed E-state index contributed by atoms with van der Waals surface area (Å²) < 4.78 is 15.6. The van der Waals surface area contributed by atoms with Crippen LogP contribution in [0.5, 0.6) is 0 Å². The van der Waals surface area contributed by atoms with Crippen molar-refractivity contribution in [1.29, 1.82) is 5.26 Å². The van der Waals surface area contributed by atoms with Crippen LogP contribution in [0.3, 0.4) is 0 Å². The van der Waals surface area contributed by atoms with Gasteiger partial charge in [-0.05, 0) is 18.2 Å². The maximum atomic E-state index is 14.0. The number of nitriles is 1. The van der Waals surface area contributed by atoms with Crippen molar-refractivity contribution in [3.8, 4) is 17.3 Å². The van der Waals surface area contributed by atoms with Crippen molar-refractivity contribution in [1.82, 2.24) is 14.6 Å². The van der Waals surface area contributed by atoms with Gasteiger partial charge in [-0.15, -0.1) is 0 Å². The molecule has 0 aromatic carbocycles. The summed E-state index contributed by atoms with van der Waals surface area (Å²) in [6.07, 6.45) is 3.27. The Bertz CT molecular complexity index is 819. The lowest BCUT2D eigenvalue weighted by atomic mass is 10.1. The van der Waals surface area contributed by atoms with E-state index in [-0.39, 0.29) is 16.4 Å². The van der Waals surface area contributed by atoms with Crippen LogP contribution in [-0.2, 0) is 0 Å². The zero-order chi connectivity index (χ0) is 13.4. The third kappa shape index (κ3) is 1.83. The van der Waals surface area contributed by atoms with Gasteiger partial charge < -0.3 is 0 Å². The average Bonchev–Trinajstić information content (AvgIpc) is 2.84. The lowest BCUT2D eigenvalue weighted by Gasteiger charge is -2.02. The molecule has 3 aromatic rings. The second-order valence-electron chi connectivity index (χ2n) is 3.86. The Balaban J connectivity index is 2.28. The fraction of sp³-hybridized carbons (Fsp3) is 0. The summed E-state index contributed by atoms with van der Waals surface area (Å²) >= 11 is 5.84. The van der Waals surface area contributed by atoms with Crippen LogP contribution in [0.4, 0.5) is 4.39 Å². The molecule has 0 N–H and O–H groups in total. The minimum Gasteiger partial charge on any atom is -0.240 e. The van der Waals surface area contributed by atoms with E-state index >= 15 is 0 Å². The molecule has 4 nitrogen and oxygen atoms in total. The second-order valence-corrected chi connectivity index (χ2v) is 4.22. The summed E-state index contributed by atoms with van der Waals surface area (Å²) in [6, 6.07) is 8.31. The second kappa shape index (κ2) is 4.34. The highest BCUT2D eigenvalue weighted by Gasteiger charge is 2.15. The molecule has 0 amide bonds. The minimum atomic E-state index is -0.597. The maximum Gasteiger partial charge on any atom is 0.151 e. The summed E-state index contributed by atoms with van der Waals surface area (Å²) in [5.74, 6) is -0.597. The molecule has 6 heteroatoms. The van der Waals surface area contributed by atoms with Gasteiger partial charge in [0, 0.05) is 11.8 Å². The first-order chi connectivity index (χ1) is 9.20. The van der Waals surface area contributed by atoms with Crippen molar-refractivity contribution in [2.24, 2.45) is 0 Å². The third-order valence-electron chi connectivity index (χ3n) is 2.73. The lowest BCUT2D eigenvalue weighted by Crippen LogP contribution is -1.93. The molecule has 0 atom stereocenters. The summed E-state index contributed by atoms with van der Waals surface area (Å²) in [6.45, 7) is 0. The van der Waals surface area contributed by atoms with E-state index in [0.29, 0.717) is 5.56 Å². The summed E-state index contributed by atoms with van der Waals surface area (Å²) in [5, 5.41) is 12.9. The van der Waals surface area contributed by atoms with Crippen molar-refractivity contribution in [2.75, 3.05) is 0 Å². The van der Waals surface area contributed by atoms with Gasteiger partial charge in [-0.1, -0.05) is 17.7 Å². The molecule has 0 saturated heterocycles. The van der Waals surface area contributed by atoms with Crippen LogP contribution in [0.2, 0.25) is 5.15 Å². The average molecular weight is 273 g/mol. The molecule has 0 aliphatic carbocycles. The van der Waals surface area contributed by atoms with Gasteiger partial charge >= 0.3 is 0 Å². The van der Waals surface area contributed by atoms with Crippen LogP contribution < -0.4 is 0 Å². The van der Waals surface area contributed by atoms with E-state index in [4.69, 9.17) is 16.9 Å². The number of halogens is 2. The van der Waals surface area contributed by atoms with Crippen molar-refractivity contribution < 1.29 is 4.39 Å². The van der Waals surface area contributed by atoms with Crippen molar-refractivity contribution in [3.63, 3.8) is 0 Å². The molecule has 0 fully saturated rings. The number of nitrogens with zero attached hydrogens (tertiary/aromatic N) is 4. The predicted octanol–water partition coefficient (Wildman–Crippen LogP) is 3.06. The van der Waals surface area contributed by atoms with E-state index in [9.17, 15) is 4.39 Å². The normalized spacial score (nSPS) is 10.6. The summed E-state index contributed by atoms with van der Waals surface area (Å²) in [4.78, 5) is 3.95. The molecule has 3 aromatic heterocycles. The Morgan fingerprint density at radius 2 is 2.21 bits per heavy atom. The van der Waals surface area contributed by atoms with Gasteiger partial charge in [-0.3, -0.25) is 0 Å². The van der Waals surface area contributed by atoms with Crippen LogP contribution in [0, 0.1) is 17.1 Å². The molecule has 92 valence electrons. The molecule has 0 bridgehead atoms. The van der Waals surface area contributed by atoms with Crippen LogP contribution in [0.15, 0.2) is 36.7 Å². The number of pyridine rings is 2. The molecular weight excluding hydrogens is 267 g/mol. The molecule has 3 rings (SSSR count). The van der Waals surface area contributed by atoms with E-state index in [1.54, 1.807) is 22.8 Å². The smallest absolute Gasteiger partial charge is 0.151 e. The highest BCUT2D eigenvalue weighted by molar-refractivity contribution is 6.30. The fourth-order valence-electron chi connectivity index (χ4n) is 1.85. The van der Waals surface area contributed by atoms with Gasteiger partial charge in [-0.2, -0.15) is 10.4 Å². The third-order valence-corrected chi connectivity index (χ3v) is 3.02. The first kappa shape index (κ1) is 11.6. The molecule has 0 aliphatic rings. The van der Waals surface area contributed by atoms with Crippen molar-refractivity contribution in [3.05, 3.63) is 53.2 Å². The first-order valence-corrected chi connectivity index (χ1v) is 5.77. The SMILES string of the molecule is N#Cc1cc(F)c(-c2cnn3ccccc23)nc1Cl. The minimum absolute atomic E-state index is 0.0133. The van der Waals surface area contributed by atoms with Crippen molar-refractivity contribution in [2.45, 2.75) is 0 Å². The molecule has 0 saturated carbocycles.